The average molecular weight is 490 g/mol. The first kappa shape index (κ1) is 23.3. The molecule has 1 aliphatic heterocycles. The zero-order chi connectivity index (χ0) is 24.5. The Balaban J connectivity index is 1.41. The van der Waals surface area contributed by atoms with E-state index in [2.05, 4.69) is 10.0 Å². The summed E-state index contributed by atoms with van der Waals surface area (Å²) in [6.45, 7) is 0. The minimum Gasteiger partial charge on any atom is -0.453 e. The molecule has 0 saturated carbocycles. The van der Waals surface area contributed by atoms with E-state index in [-0.39, 0.29) is 17.0 Å². The quantitative estimate of drug-likeness (QED) is 0.486. The molecule has 2 N–H and O–H groups in total. The summed E-state index contributed by atoms with van der Waals surface area (Å²) in [7, 11) is -4.17. The number of esters is 1. The third-order valence-electron chi connectivity index (χ3n) is 5.04. The fraction of sp³-hybridized carbons (Fsp3) is 0.130. The highest BCUT2D eigenvalue weighted by Crippen LogP contribution is 2.33. The van der Waals surface area contributed by atoms with Crippen molar-refractivity contribution >= 4 is 33.3 Å². The number of anilines is 2. The molecule has 0 unspecified atom stereocenters. The van der Waals surface area contributed by atoms with Crippen LogP contribution in [0.1, 0.15) is 34.0 Å². The van der Waals surface area contributed by atoms with Crippen molar-refractivity contribution in [1.29, 1.82) is 0 Å². The molecule has 4 rings (SSSR count). The summed E-state index contributed by atoms with van der Waals surface area (Å²) in [5.74, 6) is -0.955. The molecule has 0 bridgehead atoms. The zero-order valence-electron chi connectivity index (χ0n) is 17.3. The van der Waals surface area contributed by atoms with Gasteiger partial charge < -0.3 is 10.1 Å². The van der Waals surface area contributed by atoms with E-state index in [1.165, 1.54) is 30.3 Å². The summed E-state index contributed by atoms with van der Waals surface area (Å²) in [5.41, 5.74) is 0.0911. The van der Waals surface area contributed by atoms with Gasteiger partial charge in [-0.1, -0.05) is 24.3 Å². The van der Waals surface area contributed by atoms with Crippen LogP contribution in [0.3, 0.4) is 0 Å². The predicted octanol–water partition coefficient (Wildman–Crippen LogP) is 4.75. The summed E-state index contributed by atoms with van der Waals surface area (Å²) >= 11 is 0. The van der Waals surface area contributed by atoms with Crippen LogP contribution in [0.25, 0.3) is 0 Å². The minimum atomic E-state index is -4.61. The molecule has 0 saturated heterocycles. The lowest BCUT2D eigenvalue weighted by atomic mass is 10.0. The number of cyclic esters (lactones) is 1. The lowest BCUT2D eigenvalue weighted by Crippen LogP contribution is -2.16. The van der Waals surface area contributed by atoms with Crippen LogP contribution in [0.2, 0.25) is 0 Å². The number of carbonyl (C=O) groups excluding carboxylic acids is 2. The van der Waals surface area contributed by atoms with Crippen LogP contribution in [0.4, 0.5) is 24.5 Å². The number of hydrogen-bond acceptors (Lipinski definition) is 5. The summed E-state index contributed by atoms with van der Waals surface area (Å²) in [4.78, 5) is 24.1. The average Bonchev–Trinajstić information content (AvgIpc) is 3.09. The second kappa shape index (κ2) is 8.82. The Morgan fingerprint density at radius 3 is 2.35 bits per heavy atom. The normalized spacial score (nSPS) is 15.4. The Kier molecular flexibility index (Phi) is 6.05. The number of sulfonamides is 1. The van der Waals surface area contributed by atoms with E-state index in [0.717, 1.165) is 12.1 Å². The van der Waals surface area contributed by atoms with Crippen molar-refractivity contribution in [2.24, 2.45) is 0 Å². The van der Waals surface area contributed by atoms with Crippen molar-refractivity contribution in [2.75, 3.05) is 10.0 Å². The number of rotatable bonds is 6. The number of benzene rings is 3. The molecular formula is C23H17F3N2O5S. The van der Waals surface area contributed by atoms with E-state index in [0.29, 0.717) is 22.9 Å². The SMILES string of the molecule is O=C(C[C@@H]1OC(=O)c2ccccc21)Nc1ccc(S(=O)(=O)Nc2cccc(C(F)(F)F)c2)cc1. The lowest BCUT2D eigenvalue weighted by molar-refractivity contribution is -0.137. The highest BCUT2D eigenvalue weighted by atomic mass is 32.2. The summed E-state index contributed by atoms with van der Waals surface area (Å²) < 4.78 is 71.0. The second-order valence-corrected chi connectivity index (χ2v) is 9.12. The molecule has 176 valence electrons. The van der Waals surface area contributed by atoms with Crippen molar-refractivity contribution in [1.82, 2.24) is 0 Å². The minimum absolute atomic E-state index is 0.125. The second-order valence-electron chi connectivity index (χ2n) is 7.44. The van der Waals surface area contributed by atoms with E-state index in [9.17, 15) is 31.2 Å². The van der Waals surface area contributed by atoms with Gasteiger partial charge in [0, 0.05) is 16.9 Å². The fourth-order valence-electron chi connectivity index (χ4n) is 3.44. The van der Waals surface area contributed by atoms with Gasteiger partial charge in [-0.05, 0) is 48.5 Å². The van der Waals surface area contributed by atoms with Gasteiger partial charge in [0.25, 0.3) is 10.0 Å². The Labute approximate surface area is 192 Å². The highest BCUT2D eigenvalue weighted by molar-refractivity contribution is 7.92. The molecule has 0 spiro atoms. The number of fused-ring (bicyclic) bond motifs is 1. The van der Waals surface area contributed by atoms with Gasteiger partial charge in [-0.15, -0.1) is 0 Å². The standard InChI is InChI=1S/C23H17F3N2O5S/c24-23(25,26)14-4-3-5-16(12-14)28-34(31,32)17-10-8-15(9-11-17)27-21(29)13-20-18-6-1-2-7-19(18)22(30)33-20/h1-12,20,28H,13H2,(H,27,29)/t20-/m0/s1. The van der Waals surface area contributed by atoms with Crippen molar-refractivity contribution in [3.63, 3.8) is 0 Å². The van der Waals surface area contributed by atoms with Crippen molar-refractivity contribution in [3.05, 3.63) is 89.5 Å². The molecule has 0 radical (unpaired) electrons. The first-order valence-electron chi connectivity index (χ1n) is 9.93. The number of hydrogen-bond donors (Lipinski definition) is 2. The smallest absolute Gasteiger partial charge is 0.416 e. The zero-order valence-corrected chi connectivity index (χ0v) is 18.1. The number of amides is 1. The molecule has 0 aromatic heterocycles. The van der Waals surface area contributed by atoms with Crippen LogP contribution in [0.5, 0.6) is 0 Å². The van der Waals surface area contributed by atoms with Gasteiger partial charge in [0.05, 0.1) is 22.4 Å². The van der Waals surface area contributed by atoms with Gasteiger partial charge in [0.2, 0.25) is 5.91 Å². The van der Waals surface area contributed by atoms with E-state index >= 15 is 0 Å². The molecule has 1 aliphatic rings. The van der Waals surface area contributed by atoms with Crippen molar-refractivity contribution in [2.45, 2.75) is 23.6 Å². The molecule has 7 nitrogen and oxygen atoms in total. The fourth-order valence-corrected chi connectivity index (χ4v) is 4.49. The molecule has 3 aromatic carbocycles. The van der Waals surface area contributed by atoms with Crippen molar-refractivity contribution in [3.8, 4) is 0 Å². The number of nitrogens with one attached hydrogen (secondary N) is 2. The van der Waals surface area contributed by atoms with Crippen LogP contribution in [0, 0.1) is 0 Å². The van der Waals surface area contributed by atoms with Crippen molar-refractivity contribution < 1.29 is 35.9 Å². The Morgan fingerprint density at radius 2 is 1.65 bits per heavy atom. The molecule has 1 atom stereocenters. The van der Waals surface area contributed by atoms with E-state index < -0.39 is 39.7 Å². The predicted molar refractivity (Wildman–Crippen MR) is 117 cm³/mol. The van der Waals surface area contributed by atoms with E-state index in [1.54, 1.807) is 24.3 Å². The molecule has 0 aliphatic carbocycles. The maximum Gasteiger partial charge on any atom is 0.416 e. The maximum atomic E-state index is 12.9. The number of ether oxygens (including phenoxy) is 1. The molecule has 3 aromatic rings. The van der Waals surface area contributed by atoms with Crippen LogP contribution >= 0.6 is 0 Å². The summed E-state index contributed by atoms with van der Waals surface area (Å²) in [6.07, 6.45) is -5.46. The van der Waals surface area contributed by atoms with Crippen LogP contribution in [-0.2, 0) is 25.7 Å². The van der Waals surface area contributed by atoms with E-state index in [1.807, 2.05) is 0 Å². The largest absolute Gasteiger partial charge is 0.453 e. The topological polar surface area (TPSA) is 102 Å². The summed E-state index contributed by atoms with van der Waals surface area (Å²) in [6, 6.07) is 15.7. The lowest BCUT2D eigenvalue weighted by Gasteiger charge is -2.13. The maximum absolute atomic E-state index is 12.9. The summed E-state index contributed by atoms with van der Waals surface area (Å²) in [5, 5.41) is 2.60. The van der Waals surface area contributed by atoms with E-state index in [4.69, 9.17) is 4.74 Å². The molecule has 34 heavy (non-hydrogen) atoms. The van der Waals surface area contributed by atoms with Crippen LogP contribution in [0.15, 0.2) is 77.7 Å². The third kappa shape index (κ3) is 5.04. The number of alkyl halides is 3. The van der Waals surface area contributed by atoms with Gasteiger partial charge in [0.1, 0.15) is 6.10 Å². The van der Waals surface area contributed by atoms with Crippen LogP contribution in [-0.4, -0.2) is 20.3 Å². The van der Waals surface area contributed by atoms with Gasteiger partial charge in [-0.3, -0.25) is 9.52 Å². The van der Waals surface area contributed by atoms with Gasteiger partial charge >= 0.3 is 12.1 Å². The monoisotopic (exact) mass is 490 g/mol. The molecular weight excluding hydrogens is 473 g/mol. The number of carbonyl (C=O) groups is 2. The Hall–Kier alpha value is -3.86. The number of halogens is 3. The third-order valence-corrected chi connectivity index (χ3v) is 6.44. The molecule has 0 fully saturated rings. The Morgan fingerprint density at radius 1 is 0.941 bits per heavy atom. The first-order valence-corrected chi connectivity index (χ1v) is 11.4. The van der Waals surface area contributed by atoms with Gasteiger partial charge in [0.15, 0.2) is 0 Å². The molecule has 1 heterocycles. The molecule has 1 amide bonds. The van der Waals surface area contributed by atoms with Gasteiger partial charge in [-0.2, -0.15) is 13.2 Å². The highest BCUT2D eigenvalue weighted by Gasteiger charge is 2.32. The van der Waals surface area contributed by atoms with Crippen LogP contribution < -0.4 is 10.0 Å². The molecule has 11 heteroatoms. The van der Waals surface area contributed by atoms with Gasteiger partial charge in [-0.25, -0.2) is 13.2 Å². The first-order chi connectivity index (χ1) is 16.0. The Bertz CT molecular complexity index is 1360.